The van der Waals surface area contributed by atoms with E-state index >= 15 is 0 Å². The third-order valence-corrected chi connectivity index (χ3v) is 8.34. The molecule has 0 radical (unpaired) electrons. The minimum Gasteiger partial charge on any atom is -0.299 e. The lowest BCUT2D eigenvalue weighted by Gasteiger charge is -2.67. The van der Waals surface area contributed by atoms with Crippen LogP contribution in [0.2, 0.25) is 0 Å². The van der Waals surface area contributed by atoms with Gasteiger partial charge in [-0.25, -0.2) is 0 Å². The Balaban J connectivity index is 1.45. The molecular weight excluding hydrogens is 428 g/mol. The van der Waals surface area contributed by atoms with Crippen LogP contribution in [-0.2, 0) is 4.79 Å². The summed E-state index contributed by atoms with van der Waals surface area (Å²) in [5, 5.41) is 0. The van der Waals surface area contributed by atoms with Crippen molar-refractivity contribution < 1.29 is 4.79 Å². The number of nitrogens with zero attached hydrogens (tertiary/aromatic N) is 2. The molecule has 0 aromatic heterocycles. The molecule has 8 rings (SSSR count). The first-order chi connectivity index (χ1) is 17.3. The lowest BCUT2D eigenvalue weighted by molar-refractivity contribution is -0.208. The number of Topliss-reactive ketones (excluding diaryl/α,β-unsaturated/α-hetero) is 1. The second-order valence-corrected chi connectivity index (χ2v) is 10.0. The minimum atomic E-state index is -0.0986. The predicted molar refractivity (Wildman–Crippen MR) is 137 cm³/mol. The third-order valence-electron chi connectivity index (χ3n) is 8.34. The van der Waals surface area contributed by atoms with Gasteiger partial charge in [-0.05, 0) is 22.3 Å². The quantitative estimate of drug-likeness (QED) is 0.357. The van der Waals surface area contributed by atoms with Crippen LogP contribution in [0.25, 0.3) is 0 Å². The standard InChI is InChI=1S/C32H28N2O/c35-32-26-28(22-13-5-1-6-14-22)33-21-34(29(26)23-15-7-2-8-16-23)31(25-19-11-4-12-20-25)27(32)30(33)24-17-9-3-10-18-24/h1-20,26-31H,21H2/t26?,27?,28-,29-,30+,31+. The monoisotopic (exact) mass is 456 g/mol. The highest BCUT2D eigenvalue weighted by molar-refractivity contribution is 5.89. The van der Waals surface area contributed by atoms with Gasteiger partial charge in [0.2, 0.25) is 0 Å². The second kappa shape index (κ2) is 8.30. The van der Waals surface area contributed by atoms with E-state index in [1.807, 2.05) is 0 Å². The predicted octanol–water partition coefficient (Wildman–Crippen LogP) is 6.36. The normalized spacial score (nSPS) is 33.1. The molecule has 3 nitrogen and oxygen atoms in total. The average Bonchev–Trinajstić information content (AvgIpc) is 2.93. The summed E-state index contributed by atoms with van der Waals surface area (Å²) in [5.41, 5.74) is 4.96. The van der Waals surface area contributed by atoms with Crippen molar-refractivity contribution in [2.24, 2.45) is 11.8 Å². The molecule has 0 N–H and O–H groups in total. The van der Waals surface area contributed by atoms with E-state index in [1.165, 1.54) is 22.3 Å². The summed E-state index contributed by atoms with van der Waals surface area (Å²) in [4.78, 5) is 19.9. The van der Waals surface area contributed by atoms with Crippen LogP contribution in [0.5, 0.6) is 0 Å². The maximum atomic E-state index is 14.7. The molecule has 35 heavy (non-hydrogen) atoms. The molecule has 4 saturated heterocycles. The summed E-state index contributed by atoms with van der Waals surface area (Å²) in [6.45, 7) is 0.832. The zero-order valence-corrected chi connectivity index (χ0v) is 19.5. The first kappa shape index (κ1) is 20.8. The number of carbonyl (C=O) groups excluding carboxylic acids is 1. The van der Waals surface area contributed by atoms with Gasteiger partial charge in [0, 0.05) is 24.2 Å². The SMILES string of the molecule is O=C1C2[C@@H](c3ccccc3)N3CN([C@@H]2c2ccccc2)[C@@H](c2ccccc2)C1[C@@H]3c1ccccc1. The van der Waals surface area contributed by atoms with Gasteiger partial charge in [-0.1, -0.05) is 121 Å². The molecule has 0 amide bonds. The number of ketones is 1. The van der Waals surface area contributed by atoms with Crippen molar-refractivity contribution >= 4 is 5.78 Å². The van der Waals surface area contributed by atoms with E-state index in [-0.39, 0.29) is 36.0 Å². The molecule has 3 heteroatoms. The Morgan fingerprint density at radius 1 is 0.429 bits per heavy atom. The molecule has 4 heterocycles. The van der Waals surface area contributed by atoms with Gasteiger partial charge in [0.25, 0.3) is 0 Å². The van der Waals surface area contributed by atoms with Gasteiger partial charge in [-0.3, -0.25) is 14.6 Å². The number of piperidine rings is 2. The Morgan fingerprint density at radius 2 is 0.686 bits per heavy atom. The summed E-state index contributed by atoms with van der Waals surface area (Å²) >= 11 is 0. The number of hydrogen-bond acceptors (Lipinski definition) is 3. The molecule has 4 aliphatic heterocycles. The van der Waals surface area contributed by atoms with Gasteiger partial charge in [-0.15, -0.1) is 0 Å². The molecule has 4 fully saturated rings. The summed E-state index contributed by atoms with van der Waals surface area (Å²) in [5.74, 6) is 0.208. The summed E-state index contributed by atoms with van der Waals surface area (Å²) in [6.07, 6.45) is 0. The molecule has 172 valence electrons. The van der Waals surface area contributed by atoms with Crippen LogP contribution in [0, 0.1) is 11.8 Å². The van der Waals surface area contributed by atoms with E-state index in [4.69, 9.17) is 0 Å². The Bertz CT molecular complexity index is 1130. The summed E-state index contributed by atoms with van der Waals surface area (Å²) in [6, 6.07) is 43.0. The topological polar surface area (TPSA) is 23.6 Å². The van der Waals surface area contributed by atoms with Crippen LogP contribution in [0.4, 0.5) is 0 Å². The lowest BCUT2D eigenvalue weighted by Crippen LogP contribution is -2.69. The zero-order valence-electron chi connectivity index (χ0n) is 19.5. The Hall–Kier alpha value is -3.53. The molecule has 4 aliphatic rings. The van der Waals surface area contributed by atoms with Crippen LogP contribution in [0.3, 0.4) is 0 Å². The van der Waals surface area contributed by atoms with Gasteiger partial charge >= 0.3 is 0 Å². The van der Waals surface area contributed by atoms with Crippen LogP contribution in [0.15, 0.2) is 121 Å². The van der Waals surface area contributed by atoms with Crippen molar-refractivity contribution in [2.45, 2.75) is 24.2 Å². The van der Waals surface area contributed by atoms with Crippen molar-refractivity contribution in [3.63, 3.8) is 0 Å². The highest BCUT2D eigenvalue weighted by Crippen LogP contribution is 2.63. The fraction of sp³-hybridized carbons (Fsp3) is 0.219. The van der Waals surface area contributed by atoms with Gasteiger partial charge in [0.15, 0.2) is 0 Å². The molecule has 6 atom stereocenters. The van der Waals surface area contributed by atoms with Crippen molar-refractivity contribution in [2.75, 3.05) is 6.67 Å². The van der Waals surface area contributed by atoms with Crippen LogP contribution >= 0.6 is 0 Å². The maximum absolute atomic E-state index is 14.7. The van der Waals surface area contributed by atoms with Crippen molar-refractivity contribution in [3.8, 4) is 0 Å². The molecule has 4 aromatic rings. The Kier molecular flexibility index (Phi) is 4.93. The van der Waals surface area contributed by atoms with Gasteiger partial charge in [0.1, 0.15) is 5.78 Å². The first-order valence-corrected chi connectivity index (χ1v) is 12.6. The van der Waals surface area contributed by atoms with Gasteiger partial charge < -0.3 is 0 Å². The number of hydrogen-bond donors (Lipinski definition) is 0. The Labute approximate surface area is 206 Å². The van der Waals surface area contributed by atoms with Gasteiger partial charge in [0.05, 0.1) is 18.5 Å². The van der Waals surface area contributed by atoms with Crippen molar-refractivity contribution in [3.05, 3.63) is 144 Å². The summed E-state index contributed by atoms with van der Waals surface area (Å²) in [7, 11) is 0. The van der Waals surface area contributed by atoms with E-state index in [1.54, 1.807) is 0 Å². The van der Waals surface area contributed by atoms with Gasteiger partial charge in [-0.2, -0.15) is 0 Å². The molecule has 4 aromatic carbocycles. The van der Waals surface area contributed by atoms with Crippen molar-refractivity contribution in [1.82, 2.24) is 9.80 Å². The smallest absolute Gasteiger partial charge is 0.146 e. The van der Waals surface area contributed by atoms with Crippen LogP contribution < -0.4 is 0 Å². The fourth-order valence-corrected chi connectivity index (χ4v) is 7.10. The first-order valence-electron chi connectivity index (χ1n) is 12.6. The zero-order chi connectivity index (χ0) is 23.4. The lowest BCUT2D eigenvalue weighted by atomic mass is 9.60. The number of carbonyl (C=O) groups is 1. The highest BCUT2D eigenvalue weighted by atomic mass is 16.1. The maximum Gasteiger partial charge on any atom is 0.146 e. The number of benzene rings is 4. The third kappa shape index (κ3) is 3.16. The Morgan fingerprint density at radius 3 is 0.943 bits per heavy atom. The van der Waals surface area contributed by atoms with Crippen molar-refractivity contribution in [1.29, 1.82) is 0 Å². The molecule has 0 saturated carbocycles. The minimum absolute atomic E-state index is 0.0586. The highest BCUT2D eigenvalue weighted by Gasteiger charge is 2.65. The molecule has 0 aliphatic carbocycles. The second-order valence-electron chi connectivity index (χ2n) is 10.0. The van der Waals surface area contributed by atoms with E-state index in [2.05, 4.69) is 131 Å². The molecule has 2 unspecified atom stereocenters. The van der Waals surface area contributed by atoms with Crippen LogP contribution in [-0.4, -0.2) is 22.3 Å². The fourth-order valence-electron chi connectivity index (χ4n) is 7.10. The van der Waals surface area contributed by atoms with Crippen LogP contribution in [0.1, 0.15) is 46.4 Å². The number of rotatable bonds is 4. The molecular formula is C32H28N2O. The molecule has 0 spiro atoms. The molecule has 4 bridgehead atoms. The summed E-state index contributed by atoms with van der Waals surface area (Å²) < 4.78 is 0. The average molecular weight is 457 g/mol. The van der Waals surface area contributed by atoms with E-state index in [9.17, 15) is 4.79 Å². The largest absolute Gasteiger partial charge is 0.299 e. The van der Waals surface area contributed by atoms with E-state index in [0.717, 1.165) is 6.67 Å². The van der Waals surface area contributed by atoms with E-state index in [0.29, 0.717) is 5.78 Å². The van der Waals surface area contributed by atoms with E-state index < -0.39 is 0 Å².